The zero-order valence-electron chi connectivity index (χ0n) is 14.0. The number of nitrogens with zero attached hydrogens (tertiary/aromatic N) is 2. The standard InChI is InChI=1S/C18H20BN3O3/c1-22(18(23)21-17-6-2-4-15(12-17)13-20)11-3-5-14-7-9-16(10-8-14)19(24)25/h2,4,6-10,12,24-25H,3,5,11H2,1H3,(H,21,23). The number of carbonyl (C=O) groups is 1. The molecule has 0 bridgehead atoms. The van der Waals surface area contributed by atoms with Crippen molar-refractivity contribution in [1.82, 2.24) is 4.90 Å². The van der Waals surface area contributed by atoms with Crippen LogP contribution in [0.4, 0.5) is 10.5 Å². The van der Waals surface area contributed by atoms with Crippen molar-refractivity contribution in [3.05, 3.63) is 59.7 Å². The first-order valence-corrected chi connectivity index (χ1v) is 7.97. The molecule has 7 heteroatoms. The second-order valence-corrected chi connectivity index (χ2v) is 5.76. The zero-order valence-corrected chi connectivity index (χ0v) is 14.0. The number of rotatable bonds is 6. The van der Waals surface area contributed by atoms with Gasteiger partial charge in [-0.05, 0) is 42.1 Å². The predicted molar refractivity (Wildman–Crippen MR) is 97.4 cm³/mol. The maximum atomic E-state index is 12.2. The van der Waals surface area contributed by atoms with Crippen LogP contribution in [-0.4, -0.2) is 41.7 Å². The number of hydrogen-bond donors (Lipinski definition) is 3. The number of anilines is 1. The summed E-state index contributed by atoms with van der Waals surface area (Å²) in [6.45, 7) is 0.578. The molecular formula is C18H20BN3O3. The predicted octanol–water partition coefficient (Wildman–Crippen LogP) is 1.33. The first-order chi connectivity index (χ1) is 12.0. The molecule has 128 valence electrons. The van der Waals surface area contributed by atoms with Gasteiger partial charge in [0.15, 0.2) is 0 Å². The van der Waals surface area contributed by atoms with Gasteiger partial charge in [0.1, 0.15) is 0 Å². The van der Waals surface area contributed by atoms with Gasteiger partial charge < -0.3 is 20.3 Å². The molecule has 3 N–H and O–H groups in total. The fourth-order valence-corrected chi connectivity index (χ4v) is 2.36. The third-order valence-corrected chi connectivity index (χ3v) is 3.83. The lowest BCUT2D eigenvalue weighted by Crippen LogP contribution is -2.32. The summed E-state index contributed by atoms with van der Waals surface area (Å²) in [6.07, 6.45) is 1.56. The van der Waals surface area contributed by atoms with E-state index < -0.39 is 7.12 Å². The molecule has 0 aliphatic rings. The molecule has 0 fully saturated rings. The number of nitriles is 1. The second kappa shape index (κ2) is 8.88. The largest absolute Gasteiger partial charge is 0.488 e. The molecule has 0 saturated heterocycles. The number of hydrogen-bond acceptors (Lipinski definition) is 4. The van der Waals surface area contributed by atoms with Gasteiger partial charge in [-0.3, -0.25) is 0 Å². The van der Waals surface area contributed by atoms with Crippen LogP contribution in [0.5, 0.6) is 0 Å². The first-order valence-electron chi connectivity index (χ1n) is 7.97. The van der Waals surface area contributed by atoms with E-state index in [2.05, 4.69) is 5.32 Å². The van der Waals surface area contributed by atoms with Gasteiger partial charge in [0.05, 0.1) is 11.6 Å². The highest BCUT2D eigenvalue weighted by molar-refractivity contribution is 6.58. The number of amides is 2. The van der Waals surface area contributed by atoms with Crippen molar-refractivity contribution < 1.29 is 14.8 Å². The normalized spacial score (nSPS) is 10.0. The van der Waals surface area contributed by atoms with E-state index in [9.17, 15) is 4.79 Å². The van der Waals surface area contributed by atoms with Crippen LogP contribution in [0.3, 0.4) is 0 Å². The smallest absolute Gasteiger partial charge is 0.423 e. The fourth-order valence-electron chi connectivity index (χ4n) is 2.36. The van der Waals surface area contributed by atoms with Crippen molar-refractivity contribution in [2.24, 2.45) is 0 Å². The molecule has 0 spiro atoms. The Kier molecular flexibility index (Phi) is 6.58. The van der Waals surface area contributed by atoms with E-state index in [4.69, 9.17) is 15.3 Å². The summed E-state index contributed by atoms with van der Waals surface area (Å²) in [5.41, 5.74) is 2.62. The third-order valence-electron chi connectivity index (χ3n) is 3.83. The highest BCUT2D eigenvalue weighted by atomic mass is 16.4. The van der Waals surface area contributed by atoms with Crippen LogP contribution in [0.1, 0.15) is 17.5 Å². The number of aryl methyl sites for hydroxylation is 1. The van der Waals surface area contributed by atoms with Gasteiger partial charge >= 0.3 is 13.1 Å². The highest BCUT2D eigenvalue weighted by Gasteiger charge is 2.11. The molecule has 2 rings (SSSR count). The van der Waals surface area contributed by atoms with E-state index in [0.717, 1.165) is 18.4 Å². The molecule has 0 atom stereocenters. The Hall–Kier alpha value is -2.82. The number of urea groups is 1. The molecule has 0 saturated carbocycles. The Bertz CT molecular complexity index is 757. The SMILES string of the molecule is CN(CCCc1ccc(B(O)O)cc1)C(=O)Nc1cccc(C#N)c1. The average Bonchev–Trinajstić information content (AvgIpc) is 2.62. The summed E-state index contributed by atoms with van der Waals surface area (Å²) in [4.78, 5) is 13.7. The summed E-state index contributed by atoms with van der Waals surface area (Å²) in [5, 5.41) is 29.8. The van der Waals surface area contributed by atoms with Gasteiger partial charge in [0, 0.05) is 19.3 Å². The minimum absolute atomic E-state index is 0.228. The Morgan fingerprint density at radius 1 is 1.24 bits per heavy atom. The van der Waals surface area contributed by atoms with Gasteiger partial charge in [-0.25, -0.2) is 4.79 Å². The summed E-state index contributed by atoms with van der Waals surface area (Å²) < 4.78 is 0. The maximum absolute atomic E-state index is 12.2. The van der Waals surface area contributed by atoms with Crippen LogP contribution >= 0.6 is 0 Å². The molecule has 0 unspecified atom stereocenters. The van der Waals surface area contributed by atoms with Crippen molar-refractivity contribution in [3.8, 4) is 6.07 Å². The van der Waals surface area contributed by atoms with Crippen molar-refractivity contribution in [2.45, 2.75) is 12.8 Å². The van der Waals surface area contributed by atoms with E-state index in [1.165, 1.54) is 0 Å². The molecule has 2 aromatic carbocycles. The van der Waals surface area contributed by atoms with E-state index in [1.54, 1.807) is 48.3 Å². The Morgan fingerprint density at radius 2 is 1.96 bits per heavy atom. The van der Waals surface area contributed by atoms with Gasteiger partial charge in [-0.2, -0.15) is 5.26 Å². The molecule has 6 nitrogen and oxygen atoms in total. The third kappa shape index (κ3) is 5.64. The lowest BCUT2D eigenvalue weighted by atomic mass is 9.80. The summed E-state index contributed by atoms with van der Waals surface area (Å²) >= 11 is 0. The molecular weight excluding hydrogens is 317 g/mol. The molecule has 25 heavy (non-hydrogen) atoms. The average molecular weight is 337 g/mol. The topological polar surface area (TPSA) is 96.6 Å². The molecule has 0 aliphatic carbocycles. The Labute approximate surface area is 147 Å². The lowest BCUT2D eigenvalue weighted by Gasteiger charge is -2.18. The summed E-state index contributed by atoms with van der Waals surface area (Å²) in [7, 11) is 0.262. The summed E-state index contributed by atoms with van der Waals surface area (Å²) in [5.74, 6) is 0. The first kappa shape index (κ1) is 18.5. The minimum atomic E-state index is -1.46. The lowest BCUT2D eigenvalue weighted by molar-refractivity contribution is 0.222. The van der Waals surface area contributed by atoms with E-state index in [-0.39, 0.29) is 6.03 Å². The molecule has 0 radical (unpaired) electrons. The fraction of sp³-hybridized carbons (Fsp3) is 0.222. The van der Waals surface area contributed by atoms with Crippen molar-refractivity contribution in [1.29, 1.82) is 5.26 Å². The Balaban J connectivity index is 1.80. The monoisotopic (exact) mass is 337 g/mol. The highest BCUT2D eigenvalue weighted by Crippen LogP contribution is 2.10. The van der Waals surface area contributed by atoms with Crippen LogP contribution < -0.4 is 10.8 Å². The van der Waals surface area contributed by atoms with Crippen LogP contribution in [0, 0.1) is 11.3 Å². The van der Waals surface area contributed by atoms with Crippen molar-refractivity contribution >= 4 is 24.3 Å². The van der Waals surface area contributed by atoms with E-state index in [1.807, 2.05) is 18.2 Å². The van der Waals surface area contributed by atoms with Gasteiger partial charge in [0.25, 0.3) is 0 Å². The van der Waals surface area contributed by atoms with Crippen LogP contribution in [-0.2, 0) is 6.42 Å². The quantitative estimate of drug-likeness (QED) is 0.693. The van der Waals surface area contributed by atoms with E-state index in [0.29, 0.717) is 23.3 Å². The van der Waals surface area contributed by atoms with Crippen LogP contribution in [0.2, 0.25) is 0 Å². The van der Waals surface area contributed by atoms with Gasteiger partial charge in [0.2, 0.25) is 0 Å². The number of nitrogens with one attached hydrogen (secondary N) is 1. The van der Waals surface area contributed by atoms with Crippen molar-refractivity contribution in [3.63, 3.8) is 0 Å². The van der Waals surface area contributed by atoms with Gasteiger partial charge in [-0.1, -0.05) is 30.3 Å². The molecule has 2 aromatic rings. The Morgan fingerprint density at radius 3 is 2.60 bits per heavy atom. The van der Waals surface area contributed by atoms with Crippen LogP contribution in [0.25, 0.3) is 0 Å². The second-order valence-electron chi connectivity index (χ2n) is 5.76. The van der Waals surface area contributed by atoms with Gasteiger partial charge in [-0.15, -0.1) is 0 Å². The molecule has 0 aliphatic heterocycles. The number of benzene rings is 2. The minimum Gasteiger partial charge on any atom is -0.423 e. The van der Waals surface area contributed by atoms with Crippen molar-refractivity contribution in [2.75, 3.05) is 18.9 Å². The summed E-state index contributed by atoms with van der Waals surface area (Å²) in [6, 6.07) is 15.6. The maximum Gasteiger partial charge on any atom is 0.488 e. The zero-order chi connectivity index (χ0) is 18.2. The molecule has 0 aromatic heterocycles. The van der Waals surface area contributed by atoms with Crippen LogP contribution in [0.15, 0.2) is 48.5 Å². The molecule has 0 heterocycles. The van der Waals surface area contributed by atoms with E-state index >= 15 is 0 Å². The molecule has 2 amide bonds. The number of carbonyl (C=O) groups excluding carboxylic acids is 1.